The second kappa shape index (κ2) is 5.90. The fraction of sp³-hybridized carbons (Fsp3) is 0. The highest BCUT2D eigenvalue weighted by molar-refractivity contribution is 6.44. The van der Waals surface area contributed by atoms with Crippen LogP contribution >= 0.6 is 23.2 Å². The summed E-state index contributed by atoms with van der Waals surface area (Å²) >= 11 is 11.8. The van der Waals surface area contributed by atoms with Gasteiger partial charge in [0.15, 0.2) is 0 Å². The van der Waals surface area contributed by atoms with Gasteiger partial charge < -0.3 is 10.4 Å². The van der Waals surface area contributed by atoms with Crippen molar-refractivity contribution in [3.8, 4) is 0 Å². The van der Waals surface area contributed by atoms with Crippen molar-refractivity contribution in [3.05, 3.63) is 57.8 Å². The number of hydrogen-bond donors (Lipinski definition) is 2. The van der Waals surface area contributed by atoms with Gasteiger partial charge in [0.1, 0.15) is 0 Å². The fourth-order valence-corrected chi connectivity index (χ4v) is 1.89. The lowest BCUT2D eigenvalue weighted by Gasteiger charge is -2.07. The molecule has 2 rings (SSSR count). The lowest BCUT2D eigenvalue weighted by molar-refractivity contribution is 0.0696. The van der Waals surface area contributed by atoms with Gasteiger partial charge in [0.2, 0.25) is 0 Å². The average molecular weight is 311 g/mol. The van der Waals surface area contributed by atoms with Gasteiger partial charge in [-0.2, -0.15) is 0 Å². The number of anilines is 1. The van der Waals surface area contributed by atoms with Crippen LogP contribution in [0, 0.1) is 0 Å². The fourth-order valence-electron chi connectivity index (χ4n) is 1.50. The second-order valence-corrected chi connectivity index (χ2v) is 4.61. The Morgan fingerprint density at radius 3 is 2.65 bits per heavy atom. The van der Waals surface area contributed by atoms with Crippen molar-refractivity contribution in [2.24, 2.45) is 0 Å². The number of hydrogen-bond acceptors (Lipinski definition) is 3. The molecule has 1 aromatic carbocycles. The minimum atomic E-state index is -1.13. The highest BCUT2D eigenvalue weighted by Gasteiger charge is 2.13. The molecule has 0 bridgehead atoms. The van der Waals surface area contributed by atoms with E-state index in [4.69, 9.17) is 28.3 Å². The van der Waals surface area contributed by atoms with E-state index in [-0.39, 0.29) is 26.9 Å². The molecule has 102 valence electrons. The molecule has 2 aromatic rings. The van der Waals surface area contributed by atoms with Crippen molar-refractivity contribution in [2.45, 2.75) is 0 Å². The van der Waals surface area contributed by atoms with E-state index < -0.39 is 11.9 Å². The van der Waals surface area contributed by atoms with E-state index in [9.17, 15) is 9.59 Å². The number of aromatic nitrogens is 1. The quantitative estimate of drug-likeness (QED) is 0.911. The van der Waals surface area contributed by atoms with Crippen LogP contribution in [0.2, 0.25) is 10.0 Å². The van der Waals surface area contributed by atoms with Crippen molar-refractivity contribution >= 4 is 40.8 Å². The lowest BCUT2D eigenvalue weighted by Crippen LogP contribution is -2.13. The summed E-state index contributed by atoms with van der Waals surface area (Å²) in [6, 6.07) is 5.96. The van der Waals surface area contributed by atoms with Crippen LogP contribution in [0.4, 0.5) is 5.69 Å². The standard InChI is InChI=1S/C13H8Cl2N2O3/c14-10-3-1-2-9(11(10)15)12(18)17-8-4-7(13(19)20)5-16-6-8/h1-6H,(H,17,18)(H,19,20). The molecule has 0 aliphatic carbocycles. The number of aromatic carboxylic acids is 1. The molecule has 20 heavy (non-hydrogen) atoms. The summed E-state index contributed by atoms with van der Waals surface area (Å²) < 4.78 is 0. The molecule has 2 N–H and O–H groups in total. The summed E-state index contributed by atoms with van der Waals surface area (Å²) in [5, 5.41) is 11.8. The van der Waals surface area contributed by atoms with Gasteiger partial charge in [-0.3, -0.25) is 9.78 Å². The Morgan fingerprint density at radius 2 is 1.95 bits per heavy atom. The van der Waals surface area contributed by atoms with Gasteiger partial charge in [0, 0.05) is 6.20 Å². The summed E-state index contributed by atoms with van der Waals surface area (Å²) in [5.74, 6) is -1.63. The van der Waals surface area contributed by atoms with E-state index >= 15 is 0 Å². The number of carbonyl (C=O) groups excluding carboxylic acids is 1. The molecular formula is C13H8Cl2N2O3. The SMILES string of the molecule is O=C(O)c1cncc(NC(=O)c2cccc(Cl)c2Cl)c1. The molecule has 0 aliphatic heterocycles. The maximum Gasteiger partial charge on any atom is 0.337 e. The predicted octanol–water partition coefficient (Wildman–Crippen LogP) is 3.34. The van der Waals surface area contributed by atoms with Gasteiger partial charge in [-0.05, 0) is 18.2 Å². The number of nitrogens with zero attached hydrogens (tertiary/aromatic N) is 1. The molecule has 0 unspecified atom stereocenters. The molecule has 0 saturated carbocycles. The number of benzene rings is 1. The zero-order chi connectivity index (χ0) is 14.7. The van der Waals surface area contributed by atoms with Crippen LogP contribution in [0.3, 0.4) is 0 Å². The molecule has 0 aliphatic rings. The molecule has 7 heteroatoms. The molecule has 0 spiro atoms. The Balaban J connectivity index is 2.26. The van der Waals surface area contributed by atoms with Gasteiger partial charge in [-0.15, -0.1) is 0 Å². The van der Waals surface area contributed by atoms with Gasteiger partial charge in [0.05, 0.1) is 33.1 Å². The second-order valence-electron chi connectivity index (χ2n) is 3.82. The van der Waals surface area contributed by atoms with E-state index in [0.717, 1.165) is 0 Å². The third kappa shape index (κ3) is 3.07. The van der Waals surface area contributed by atoms with Crippen molar-refractivity contribution in [1.82, 2.24) is 4.98 Å². The normalized spacial score (nSPS) is 10.1. The smallest absolute Gasteiger partial charge is 0.337 e. The summed E-state index contributed by atoms with van der Waals surface area (Å²) in [6.45, 7) is 0. The highest BCUT2D eigenvalue weighted by atomic mass is 35.5. The number of rotatable bonds is 3. The highest BCUT2D eigenvalue weighted by Crippen LogP contribution is 2.26. The van der Waals surface area contributed by atoms with Crippen LogP contribution < -0.4 is 5.32 Å². The largest absolute Gasteiger partial charge is 0.478 e. The Morgan fingerprint density at radius 1 is 1.20 bits per heavy atom. The first kappa shape index (κ1) is 14.3. The van der Waals surface area contributed by atoms with Gasteiger partial charge in [-0.25, -0.2) is 4.79 Å². The van der Waals surface area contributed by atoms with E-state index in [1.165, 1.54) is 24.5 Å². The maximum absolute atomic E-state index is 12.0. The zero-order valence-corrected chi connectivity index (χ0v) is 11.4. The summed E-state index contributed by atoms with van der Waals surface area (Å²) in [7, 11) is 0. The first-order valence-electron chi connectivity index (χ1n) is 5.42. The van der Waals surface area contributed by atoms with Crippen molar-refractivity contribution < 1.29 is 14.7 Å². The first-order valence-corrected chi connectivity index (χ1v) is 6.18. The molecule has 0 radical (unpaired) electrons. The Labute approximate surface area is 124 Å². The lowest BCUT2D eigenvalue weighted by atomic mass is 10.2. The van der Waals surface area contributed by atoms with Crippen LogP contribution in [0.25, 0.3) is 0 Å². The number of carbonyl (C=O) groups is 2. The molecule has 1 heterocycles. The number of carboxylic acid groups (broad SMARTS) is 1. The molecule has 0 fully saturated rings. The Bertz CT molecular complexity index is 689. The van der Waals surface area contributed by atoms with Crippen molar-refractivity contribution in [2.75, 3.05) is 5.32 Å². The third-order valence-electron chi connectivity index (χ3n) is 2.44. The van der Waals surface area contributed by atoms with Crippen molar-refractivity contribution in [3.63, 3.8) is 0 Å². The summed E-state index contributed by atoms with van der Waals surface area (Å²) in [6.07, 6.45) is 2.52. The van der Waals surface area contributed by atoms with Gasteiger partial charge in [-0.1, -0.05) is 29.3 Å². The first-order chi connectivity index (χ1) is 9.49. The number of carboxylic acids is 1. The monoisotopic (exact) mass is 310 g/mol. The predicted molar refractivity (Wildman–Crippen MR) is 75.6 cm³/mol. The summed E-state index contributed by atoms with van der Waals surface area (Å²) in [5.41, 5.74) is 0.422. The molecule has 5 nitrogen and oxygen atoms in total. The van der Waals surface area contributed by atoms with E-state index in [1.54, 1.807) is 12.1 Å². The number of pyridine rings is 1. The minimum Gasteiger partial charge on any atom is -0.478 e. The average Bonchev–Trinajstić information content (AvgIpc) is 2.42. The van der Waals surface area contributed by atoms with E-state index in [2.05, 4.69) is 10.3 Å². The number of halogens is 2. The minimum absolute atomic E-state index is 0.0278. The number of amides is 1. The van der Waals surface area contributed by atoms with Crippen LogP contribution in [0.15, 0.2) is 36.7 Å². The van der Waals surface area contributed by atoms with Crippen LogP contribution in [-0.4, -0.2) is 22.0 Å². The molecule has 1 aromatic heterocycles. The van der Waals surface area contributed by atoms with Crippen molar-refractivity contribution in [1.29, 1.82) is 0 Å². The van der Waals surface area contributed by atoms with Crippen LogP contribution in [0.1, 0.15) is 20.7 Å². The molecular weight excluding hydrogens is 303 g/mol. The van der Waals surface area contributed by atoms with Crippen LogP contribution in [0.5, 0.6) is 0 Å². The Hall–Kier alpha value is -2.11. The van der Waals surface area contributed by atoms with Crippen LogP contribution in [-0.2, 0) is 0 Å². The third-order valence-corrected chi connectivity index (χ3v) is 3.26. The molecule has 1 amide bonds. The summed E-state index contributed by atoms with van der Waals surface area (Å²) in [4.78, 5) is 26.6. The number of nitrogens with one attached hydrogen (secondary N) is 1. The topological polar surface area (TPSA) is 79.3 Å². The van der Waals surface area contributed by atoms with E-state index in [1.807, 2.05) is 0 Å². The molecule has 0 saturated heterocycles. The Kier molecular flexibility index (Phi) is 4.22. The van der Waals surface area contributed by atoms with Gasteiger partial charge >= 0.3 is 5.97 Å². The molecule has 0 atom stereocenters. The van der Waals surface area contributed by atoms with E-state index in [0.29, 0.717) is 0 Å². The van der Waals surface area contributed by atoms with Gasteiger partial charge in [0.25, 0.3) is 5.91 Å². The zero-order valence-electron chi connectivity index (χ0n) is 9.93. The maximum atomic E-state index is 12.0.